The summed E-state index contributed by atoms with van der Waals surface area (Å²) in [6, 6.07) is 0. The van der Waals surface area contributed by atoms with Gasteiger partial charge in [0.1, 0.15) is 23.4 Å². The highest BCUT2D eigenvalue weighted by Crippen LogP contribution is 2.27. The van der Waals surface area contributed by atoms with E-state index in [2.05, 4.69) is 9.97 Å². The summed E-state index contributed by atoms with van der Waals surface area (Å²) in [5.41, 5.74) is 6.75. The normalized spacial score (nSPS) is 16.5. The van der Waals surface area contributed by atoms with E-state index in [1.807, 2.05) is 4.90 Å². The third kappa shape index (κ3) is 5.38. The lowest BCUT2D eigenvalue weighted by molar-refractivity contribution is -0.139. The van der Waals surface area contributed by atoms with Crippen LogP contribution >= 0.6 is 11.6 Å². The van der Waals surface area contributed by atoms with Crippen LogP contribution in [0.4, 0.5) is 5.82 Å². The summed E-state index contributed by atoms with van der Waals surface area (Å²) in [5, 5.41) is 9.24. The van der Waals surface area contributed by atoms with Crippen LogP contribution in [-0.4, -0.2) is 51.4 Å². The Labute approximate surface area is 158 Å². The van der Waals surface area contributed by atoms with E-state index in [4.69, 9.17) is 22.4 Å². The van der Waals surface area contributed by atoms with E-state index in [1.54, 1.807) is 13.8 Å². The molecule has 0 spiro atoms. The number of Topliss-reactive ketones (excluding diaryl/α,β-unsaturated/α-hetero) is 1. The van der Waals surface area contributed by atoms with Gasteiger partial charge in [0.25, 0.3) is 0 Å². The maximum Gasteiger partial charge on any atom is 0.225 e. The highest BCUT2D eigenvalue weighted by atomic mass is 35.5. The Balaban J connectivity index is 1.82. The van der Waals surface area contributed by atoms with Gasteiger partial charge in [-0.05, 0) is 38.5 Å². The Morgan fingerprint density at radius 1 is 1.35 bits per heavy atom. The second kappa shape index (κ2) is 9.28. The molecule has 2 heterocycles. The lowest BCUT2D eigenvalue weighted by atomic mass is 9.90. The van der Waals surface area contributed by atoms with Crippen LogP contribution in [0.2, 0.25) is 5.15 Å². The molecule has 0 radical (unpaired) electrons. The number of carbonyl (C=O) groups excluding carboxylic acids is 2. The number of aryl methyl sites for hydroxylation is 1. The Morgan fingerprint density at radius 3 is 2.58 bits per heavy atom. The van der Waals surface area contributed by atoms with Gasteiger partial charge in [0.2, 0.25) is 5.91 Å². The summed E-state index contributed by atoms with van der Waals surface area (Å²) < 4.78 is 0. The first-order valence-corrected chi connectivity index (χ1v) is 9.39. The molecule has 1 amide bonds. The Hall–Kier alpha value is -1.73. The molecule has 144 valence electrons. The summed E-state index contributed by atoms with van der Waals surface area (Å²) >= 11 is 6.18. The maximum atomic E-state index is 12.4. The van der Waals surface area contributed by atoms with Crippen molar-refractivity contribution >= 4 is 29.1 Å². The minimum Gasteiger partial charge on any atom is -0.389 e. The van der Waals surface area contributed by atoms with Crippen LogP contribution in [0, 0.1) is 18.8 Å². The van der Waals surface area contributed by atoms with E-state index >= 15 is 0 Å². The first-order chi connectivity index (χ1) is 12.3. The third-order valence-electron chi connectivity index (χ3n) is 4.96. The standard InChI is InChI=1S/C18H27ClN4O3/c1-11(9-14(25)10-24)18(26)23-7-5-13(6-8-23)3-4-15-16(19)21-12(2)22-17(15)20/h11,13,24H,3-10H2,1-2H3,(H2,20,21,22)/t11-/m1/s1. The van der Waals surface area contributed by atoms with Gasteiger partial charge < -0.3 is 15.7 Å². The first-order valence-electron chi connectivity index (χ1n) is 9.01. The number of ketones is 1. The molecule has 1 saturated heterocycles. The molecular weight excluding hydrogens is 356 g/mol. The molecule has 3 N–H and O–H groups in total. The molecule has 1 aliphatic rings. The van der Waals surface area contributed by atoms with Crippen molar-refractivity contribution in [3.05, 3.63) is 16.5 Å². The summed E-state index contributed by atoms with van der Waals surface area (Å²) in [5.74, 6) is 0.814. The smallest absolute Gasteiger partial charge is 0.225 e. The number of aromatic nitrogens is 2. The summed E-state index contributed by atoms with van der Waals surface area (Å²) in [7, 11) is 0. The number of aliphatic hydroxyl groups is 1. The molecule has 0 aliphatic carbocycles. The third-order valence-corrected chi connectivity index (χ3v) is 5.27. The molecule has 2 rings (SSSR count). The van der Waals surface area contributed by atoms with Crippen molar-refractivity contribution in [3.63, 3.8) is 0 Å². The molecule has 26 heavy (non-hydrogen) atoms. The van der Waals surface area contributed by atoms with E-state index in [0.29, 0.717) is 35.8 Å². The largest absolute Gasteiger partial charge is 0.389 e. The second-order valence-electron chi connectivity index (χ2n) is 7.03. The molecule has 0 aromatic carbocycles. The molecule has 8 heteroatoms. The fourth-order valence-corrected chi connectivity index (χ4v) is 3.72. The van der Waals surface area contributed by atoms with Gasteiger partial charge in [-0.1, -0.05) is 18.5 Å². The molecule has 0 bridgehead atoms. The number of piperidine rings is 1. The second-order valence-corrected chi connectivity index (χ2v) is 7.39. The SMILES string of the molecule is Cc1nc(N)c(CCC2CCN(C(=O)[C@H](C)CC(=O)CO)CC2)c(Cl)n1. The number of aliphatic hydroxyl groups excluding tert-OH is 1. The summed E-state index contributed by atoms with van der Waals surface area (Å²) in [6.45, 7) is 4.37. The number of nitrogen functional groups attached to an aromatic ring is 1. The van der Waals surface area contributed by atoms with Gasteiger partial charge >= 0.3 is 0 Å². The number of likely N-dealkylation sites (tertiary alicyclic amines) is 1. The number of hydrogen-bond acceptors (Lipinski definition) is 6. The van der Waals surface area contributed by atoms with Crippen molar-refractivity contribution in [1.82, 2.24) is 14.9 Å². The molecule has 1 aromatic heterocycles. The van der Waals surface area contributed by atoms with E-state index in [9.17, 15) is 9.59 Å². The zero-order valence-corrected chi connectivity index (χ0v) is 16.1. The van der Waals surface area contributed by atoms with Crippen LogP contribution in [-0.2, 0) is 16.0 Å². The van der Waals surface area contributed by atoms with Crippen molar-refractivity contribution in [2.24, 2.45) is 11.8 Å². The van der Waals surface area contributed by atoms with Crippen LogP contribution in [0.15, 0.2) is 0 Å². The number of amides is 1. The number of rotatable bonds is 7. The van der Waals surface area contributed by atoms with Crippen LogP contribution in [0.1, 0.15) is 44.0 Å². The van der Waals surface area contributed by atoms with Gasteiger partial charge in [-0.25, -0.2) is 9.97 Å². The van der Waals surface area contributed by atoms with Crippen LogP contribution in [0.5, 0.6) is 0 Å². The summed E-state index contributed by atoms with van der Waals surface area (Å²) in [4.78, 5) is 33.9. The van der Waals surface area contributed by atoms with Crippen molar-refractivity contribution in [2.45, 2.75) is 46.0 Å². The van der Waals surface area contributed by atoms with Gasteiger partial charge in [-0.2, -0.15) is 0 Å². The van der Waals surface area contributed by atoms with Crippen LogP contribution in [0.3, 0.4) is 0 Å². The highest BCUT2D eigenvalue weighted by Gasteiger charge is 2.27. The zero-order chi connectivity index (χ0) is 19.3. The quantitative estimate of drug-likeness (QED) is 0.695. The number of carbonyl (C=O) groups is 2. The minimum atomic E-state index is -0.506. The fraction of sp³-hybridized carbons (Fsp3) is 0.667. The Bertz CT molecular complexity index is 637. The van der Waals surface area contributed by atoms with Gasteiger partial charge in [0.15, 0.2) is 5.78 Å². The number of anilines is 1. The Morgan fingerprint density at radius 2 is 2.00 bits per heavy atom. The van der Waals surface area contributed by atoms with Gasteiger partial charge in [0.05, 0.1) is 0 Å². The molecule has 0 saturated carbocycles. The lowest BCUT2D eigenvalue weighted by Gasteiger charge is -2.33. The predicted octanol–water partition coefficient (Wildman–Crippen LogP) is 1.78. The Kier molecular flexibility index (Phi) is 7.34. The van der Waals surface area contributed by atoms with Crippen molar-refractivity contribution in [2.75, 3.05) is 25.4 Å². The topological polar surface area (TPSA) is 109 Å². The van der Waals surface area contributed by atoms with Crippen molar-refractivity contribution < 1.29 is 14.7 Å². The fourth-order valence-electron chi connectivity index (χ4n) is 3.41. The molecular formula is C18H27ClN4O3. The van der Waals surface area contributed by atoms with E-state index < -0.39 is 6.61 Å². The van der Waals surface area contributed by atoms with E-state index in [-0.39, 0.29) is 24.0 Å². The van der Waals surface area contributed by atoms with Gasteiger partial charge in [-0.3, -0.25) is 9.59 Å². The molecule has 7 nitrogen and oxygen atoms in total. The average molecular weight is 383 g/mol. The molecule has 1 aromatic rings. The lowest BCUT2D eigenvalue weighted by Crippen LogP contribution is -2.41. The predicted molar refractivity (Wildman–Crippen MR) is 99.7 cm³/mol. The number of nitrogens with two attached hydrogens (primary N) is 1. The van der Waals surface area contributed by atoms with Crippen LogP contribution < -0.4 is 5.73 Å². The number of halogens is 1. The monoisotopic (exact) mass is 382 g/mol. The summed E-state index contributed by atoms with van der Waals surface area (Å²) in [6.07, 6.45) is 3.58. The van der Waals surface area contributed by atoms with Crippen molar-refractivity contribution in [3.8, 4) is 0 Å². The molecule has 1 atom stereocenters. The molecule has 1 aliphatic heterocycles. The highest BCUT2D eigenvalue weighted by molar-refractivity contribution is 6.30. The number of nitrogens with zero attached hydrogens (tertiary/aromatic N) is 3. The van der Waals surface area contributed by atoms with Crippen LogP contribution in [0.25, 0.3) is 0 Å². The maximum absolute atomic E-state index is 12.4. The first kappa shape index (κ1) is 20.6. The van der Waals surface area contributed by atoms with Crippen molar-refractivity contribution in [1.29, 1.82) is 0 Å². The van der Waals surface area contributed by atoms with Gasteiger partial charge in [0, 0.05) is 31.0 Å². The zero-order valence-electron chi connectivity index (χ0n) is 15.4. The minimum absolute atomic E-state index is 0.00975. The van der Waals surface area contributed by atoms with E-state index in [1.165, 1.54) is 0 Å². The van der Waals surface area contributed by atoms with E-state index in [0.717, 1.165) is 31.2 Å². The number of hydrogen-bond donors (Lipinski definition) is 2. The van der Waals surface area contributed by atoms with Gasteiger partial charge in [-0.15, -0.1) is 0 Å². The molecule has 1 fully saturated rings. The average Bonchev–Trinajstić information content (AvgIpc) is 2.60. The molecule has 0 unspecified atom stereocenters.